The van der Waals surface area contributed by atoms with Gasteiger partial charge in [-0.05, 0) is 25.6 Å². The first-order chi connectivity index (χ1) is 7.31. The number of halogens is 3. The number of hydrogen-bond donors (Lipinski definition) is 1. The second-order valence-electron chi connectivity index (χ2n) is 3.16. The first-order valence-electron chi connectivity index (χ1n) is 4.37. The van der Waals surface area contributed by atoms with E-state index in [1.54, 1.807) is 6.07 Å². The zero-order valence-corrected chi connectivity index (χ0v) is 11.7. The van der Waals surface area contributed by atoms with Gasteiger partial charge in [-0.15, -0.1) is 0 Å². The lowest BCUT2D eigenvalue weighted by molar-refractivity contribution is 0.578. The number of rotatable bonds is 3. The second kappa shape index (κ2) is 5.10. The first kappa shape index (κ1) is 14.1. The monoisotopic (exact) mass is 301 g/mol. The summed E-state index contributed by atoms with van der Waals surface area (Å²) in [5, 5.41) is -0.163. The summed E-state index contributed by atoms with van der Waals surface area (Å²) < 4.78 is 25.4. The molecule has 1 aromatic carbocycles. The number of nitrogens with one attached hydrogen (secondary N) is 1. The van der Waals surface area contributed by atoms with Gasteiger partial charge >= 0.3 is 0 Å². The molecule has 0 radical (unpaired) electrons. The van der Waals surface area contributed by atoms with Gasteiger partial charge < -0.3 is 0 Å². The van der Waals surface area contributed by atoms with Crippen LogP contribution in [0.25, 0.3) is 0 Å². The van der Waals surface area contributed by atoms with Crippen LogP contribution in [0.3, 0.4) is 0 Å². The van der Waals surface area contributed by atoms with Gasteiger partial charge in [0.05, 0.1) is 20.3 Å². The van der Waals surface area contributed by atoms with Crippen molar-refractivity contribution in [2.45, 2.75) is 12.2 Å². The smallest absolute Gasteiger partial charge is 0.218 e. The molecule has 90 valence electrons. The van der Waals surface area contributed by atoms with Crippen molar-refractivity contribution in [2.75, 3.05) is 7.05 Å². The third-order valence-electron chi connectivity index (χ3n) is 2.25. The fourth-order valence-corrected chi connectivity index (χ4v) is 2.85. The van der Waals surface area contributed by atoms with Gasteiger partial charge in [0.25, 0.3) is 0 Å². The highest BCUT2D eigenvalue weighted by atomic mass is 35.5. The van der Waals surface area contributed by atoms with Crippen LogP contribution in [0.2, 0.25) is 15.1 Å². The van der Waals surface area contributed by atoms with Gasteiger partial charge in [0, 0.05) is 0 Å². The number of sulfonamides is 1. The van der Waals surface area contributed by atoms with Gasteiger partial charge in [-0.25, -0.2) is 13.1 Å². The van der Waals surface area contributed by atoms with Crippen LogP contribution in [-0.4, -0.2) is 15.5 Å². The SMILES string of the molecule is CNS(=O)(=O)C(C)c1ccc(Cl)c(Cl)c1Cl. The Kier molecular flexibility index (Phi) is 4.49. The zero-order valence-electron chi connectivity index (χ0n) is 8.59. The van der Waals surface area contributed by atoms with Crippen LogP contribution in [-0.2, 0) is 10.0 Å². The minimum Gasteiger partial charge on any atom is -0.218 e. The molecule has 3 nitrogen and oxygen atoms in total. The molecule has 16 heavy (non-hydrogen) atoms. The Labute approximate surface area is 110 Å². The summed E-state index contributed by atoms with van der Waals surface area (Å²) in [4.78, 5) is 0. The van der Waals surface area contributed by atoms with E-state index in [1.165, 1.54) is 20.0 Å². The van der Waals surface area contributed by atoms with Gasteiger partial charge in [0.2, 0.25) is 10.0 Å². The van der Waals surface area contributed by atoms with Crippen molar-refractivity contribution in [3.63, 3.8) is 0 Å². The van der Waals surface area contributed by atoms with E-state index in [2.05, 4.69) is 4.72 Å². The van der Waals surface area contributed by atoms with Crippen molar-refractivity contribution in [1.29, 1.82) is 0 Å². The molecule has 0 saturated heterocycles. The van der Waals surface area contributed by atoms with Gasteiger partial charge in [-0.3, -0.25) is 0 Å². The summed E-state index contributed by atoms with van der Waals surface area (Å²) >= 11 is 17.5. The molecule has 0 aliphatic carbocycles. The van der Waals surface area contributed by atoms with E-state index >= 15 is 0 Å². The molecule has 1 atom stereocenters. The lowest BCUT2D eigenvalue weighted by Crippen LogP contribution is -2.24. The Bertz CT molecular complexity index is 502. The topological polar surface area (TPSA) is 46.2 Å². The minimum absolute atomic E-state index is 0.166. The highest BCUT2D eigenvalue weighted by Crippen LogP contribution is 2.37. The summed E-state index contributed by atoms with van der Waals surface area (Å²) in [7, 11) is -2.10. The molecule has 0 fully saturated rings. The molecule has 1 aromatic rings. The lowest BCUT2D eigenvalue weighted by atomic mass is 10.2. The maximum absolute atomic E-state index is 11.6. The summed E-state index contributed by atoms with van der Waals surface area (Å²) in [5.41, 5.74) is 0.422. The Hall–Kier alpha value is -0.000000000000000167. The molecule has 0 aliphatic heterocycles. The van der Waals surface area contributed by atoms with Crippen molar-refractivity contribution in [3.05, 3.63) is 32.8 Å². The van der Waals surface area contributed by atoms with Crippen LogP contribution in [0.5, 0.6) is 0 Å². The van der Waals surface area contributed by atoms with E-state index in [0.717, 1.165) is 0 Å². The molecular formula is C9H10Cl3NO2S. The predicted molar refractivity (Wildman–Crippen MR) is 67.9 cm³/mol. The first-order valence-corrected chi connectivity index (χ1v) is 7.05. The fraction of sp³-hybridized carbons (Fsp3) is 0.333. The second-order valence-corrected chi connectivity index (χ2v) is 6.52. The quantitative estimate of drug-likeness (QED) is 0.871. The van der Waals surface area contributed by atoms with Crippen molar-refractivity contribution in [1.82, 2.24) is 4.72 Å². The largest absolute Gasteiger partial charge is 0.218 e. The molecule has 0 aliphatic rings. The van der Waals surface area contributed by atoms with Gasteiger partial charge in [0.1, 0.15) is 0 Å². The van der Waals surface area contributed by atoms with Crippen LogP contribution < -0.4 is 4.72 Å². The normalized spacial score (nSPS) is 13.8. The van der Waals surface area contributed by atoms with Crippen LogP contribution in [0.1, 0.15) is 17.7 Å². The van der Waals surface area contributed by atoms with Crippen molar-refractivity contribution < 1.29 is 8.42 Å². The molecule has 1 N–H and O–H groups in total. The van der Waals surface area contributed by atoms with Crippen molar-refractivity contribution in [3.8, 4) is 0 Å². The summed E-state index contributed by atoms with van der Waals surface area (Å²) in [6, 6.07) is 3.07. The Morgan fingerprint density at radius 1 is 1.19 bits per heavy atom. The predicted octanol–water partition coefficient (Wildman–Crippen LogP) is 3.26. The molecule has 0 amide bonds. The highest BCUT2D eigenvalue weighted by molar-refractivity contribution is 7.89. The molecule has 1 unspecified atom stereocenters. The van der Waals surface area contributed by atoms with Crippen LogP contribution in [0.4, 0.5) is 0 Å². The van der Waals surface area contributed by atoms with E-state index in [1.807, 2.05) is 0 Å². The van der Waals surface area contributed by atoms with Crippen molar-refractivity contribution >= 4 is 44.8 Å². The maximum atomic E-state index is 11.6. The van der Waals surface area contributed by atoms with E-state index < -0.39 is 15.3 Å². The lowest BCUT2D eigenvalue weighted by Gasteiger charge is -2.14. The molecule has 0 bridgehead atoms. The standard InChI is InChI=1S/C9H10Cl3NO2S/c1-5(16(14,15)13-2)6-3-4-7(10)9(12)8(6)11/h3-5,13H,1-2H3. The molecule has 0 heterocycles. The molecule has 1 rings (SSSR count). The number of hydrogen-bond acceptors (Lipinski definition) is 2. The Balaban J connectivity index is 3.31. The molecule has 0 spiro atoms. The van der Waals surface area contributed by atoms with Crippen LogP contribution in [0, 0.1) is 0 Å². The van der Waals surface area contributed by atoms with Crippen LogP contribution in [0.15, 0.2) is 12.1 Å². The summed E-state index contributed by atoms with van der Waals surface area (Å²) in [6.07, 6.45) is 0. The van der Waals surface area contributed by atoms with E-state index in [0.29, 0.717) is 10.6 Å². The number of benzene rings is 1. The fourth-order valence-electron chi connectivity index (χ4n) is 1.20. The molecule has 7 heteroatoms. The van der Waals surface area contributed by atoms with Gasteiger partial charge in [-0.1, -0.05) is 40.9 Å². The zero-order chi connectivity index (χ0) is 12.5. The molecular weight excluding hydrogens is 293 g/mol. The summed E-state index contributed by atoms with van der Waals surface area (Å²) in [5.74, 6) is 0. The van der Waals surface area contributed by atoms with Crippen LogP contribution >= 0.6 is 34.8 Å². The Morgan fingerprint density at radius 2 is 1.75 bits per heavy atom. The van der Waals surface area contributed by atoms with E-state index in [9.17, 15) is 8.42 Å². The van der Waals surface area contributed by atoms with Crippen molar-refractivity contribution in [2.24, 2.45) is 0 Å². The summed E-state index contributed by atoms with van der Waals surface area (Å²) in [6.45, 7) is 1.53. The third kappa shape index (κ3) is 2.63. The van der Waals surface area contributed by atoms with Gasteiger partial charge in [0.15, 0.2) is 0 Å². The molecule has 0 aromatic heterocycles. The third-order valence-corrected chi connectivity index (χ3v) is 5.32. The molecule has 0 saturated carbocycles. The average molecular weight is 303 g/mol. The highest BCUT2D eigenvalue weighted by Gasteiger charge is 2.24. The Morgan fingerprint density at radius 3 is 2.25 bits per heavy atom. The maximum Gasteiger partial charge on any atom is 0.218 e. The van der Waals surface area contributed by atoms with E-state index in [4.69, 9.17) is 34.8 Å². The van der Waals surface area contributed by atoms with E-state index in [-0.39, 0.29) is 10.0 Å². The van der Waals surface area contributed by atoms with Gasteiger partial charge in [-0.2, -0.15) is 0 Å². The average Bonchev–Trinajstić information content (AvgIpc) is 2.25. The minimum atomic E-state index is -3.44.